The molecule has 0 amide bonds. The quantitative estimate of drug-likeness (QED) is 0.142. The van der Waals surface area contributed by atoms with E-state index in [1.54, 1.807) is 4.57 Å². The Morgan fingerprint density at radius 2 is 0.654 bits per heavy atom. The molecule has 522 valence electrons. The molecule has 11 aromatic carbocycles. The van der Waals surface area contributed by atoms with Crippen molar-refractivity contribution in [1.29, 1.82) is 0 Å². The van der Waals surface area contributed by atoms with Crippen molar-refractivity contribution in [1.82, 2.24) is 9.55 Å². The SMILES string of the molecule is [2H]c1c([2H])c([2H])c2c(c1[2H])c1c([2H])c([2H])c([2H])c([2H])c1n2-c1ccc2c(c1)N(c1c(-c3ccccc3)cc(C(C)(C)C)cc1-c1cc(C(C)(C)C)nc(C(C)(C)C)c1)c1cc(C(C)(C)C)cc3c1B2c1ccc(-c2cc(C(C)(C)C)cc(C(C)(C)C)c2)cc1N3c1c(-c2ccccc2)cc(C(C)(C)C)cc1-c1ccccc1. The Morgan fingerprint density at radius 3 is 1.05 bits per heavy atom. The predicted molar refractivity (Wildman–Crippen MR) is 451 cm³/mol. The van der Waals surface area contributed by atoms with Gasteiger partial charge in [0.1, 0.15) is 0 Å². The highest BCUT2D eigenvalue weighted by Crippen LogP contribution is 2.56. The molecular formula is C99H103BN4. The van der Waals surface area contributed by atoms with Crippen LogP contribution in [0.2, 0.25) is 0 Å². The summed E-state index contributed by atoms with van der Waals surface area (Å²) in [4.78, 5) is 10.7. The van der Waals surface area contributed by atoms with Gasteiger partial charge < -0.3 is 14.4 Å². The van der Waals surface area contributed by atoms with Crippen molar-refractivity contribution in [3.05, 3.63) is 282 Å². The van der Waals surface area contributed by atoms with E-state index in [1.165, 1.54) is 16.7 Å². The zero-order valence-corrected chi connectivity index (χ0v) is 64.8. The molecule has 0 radical (unpaired) electrons. The lowest BCUT2D eigenvalue weighted by Gasteiger charge is -2.47. The Hall–Kier alpha value is -9.97. The van der Waals surface area contributed by atoms with Crippen LogP contribution in [0.5, 0.6) is 0 Å². The van der Waals surface area contributed by atoms with Crippen molar-refractivity contribution in [3.8, 4) is 61.3 Å². The second kappa shape index (κ2) is 24.9. The van der Waals surface area contributed by atoms with Gasteiger partial charge in [-0.1, -0.05) is 309 Å². The summed E-state index contributed by atoms with van der Waals surface area (Å²) in [5, 5.41) is 0.0293. The molecule has 2 aromatic heterocycles. The fraction of sp³-hybridized carbons (Fsp3) is 0.283. The van der Waals surface area contributed by atoms with Gasteiger partial charge in [0.15, 0.2) is 0 Å². The summed E-state index contributed by atoms with van der Waals surface area (Å²) in [5.41, 5.74) is 25.2. The van der Waals surface area contributed by atoms with Crippen LogP contribution in [0.25, 0.3) is 83.1 Å². The van der Waals surface area contributed by atoms with Gasteiger partial charge in [0.05, 0.1) is 33.4 Å². The zero-order chi connectivity index (χ0) is 80.7. The number of para-hydroxylation sites is 2. The Balaban J connectivity index is 1.20. The lowest BCUT2D eigenvalue weighted by molar-refractivity contribution is 0.531. The lowest BCUT2D eigenvalue weighted by Crippen LogP contribution is -2.61. The fourth-order valence-electron chi connectivity index (χ4n) is 15.4. The molecule has 0 aliphatic carbocycles. The summed E-state index contributed by atoms with van der Waals surface area (Å²) in [6.07, 6.45) is 0. The Bertz CT molecular complexity index is 5830. The van der Waals surface area contributed by atoms with Crippen molar-refractivity contribution < 1.29 is 11.0 Å². The first-order chi connectivity index (χ1) is 52.3. The second-order valence-electron chi connectivity index (χ2n) is 36.4. The highest BCUT2D eigenvalue weighted by atomic mass is 15.2. The molecule has 0 bridgehead atoms. The van der Waals surface area contributed by atoms with Crippen LogP contribution in [0, 0.1) is 0 Å². The fourth-order valence-corrected chi connectivity index (χ4v) is 15.4. The van der Waals surface area contributed by atoms with E-state index < -0.39 is 36.3 Å². The van der Waals surface area contributed by atoms with E-state index in [1.807, 2.05) is 6.07 Å². The molecule has 104 heavy (non-hydrogen) atoms. The predicted octanol–water partition coefficient (Wildman–Crippen LogP) is 25.7. The van der Waals surface area contributed by atoms with Crippen molar-refractivity contribution in [2.45, 2.75) is 183 Å². The van der Waals surface area contributed by atoms with Crippen molar-refractivity contribution in [3.63, 3.8) is 0 Å². The number of rotatable bonds is 8. The highest BCUT2D eigenvalue weighted by molar-refractivity contribution is 7.00. The first kappa shape index (κ1) is 60.5. The average Bonchev–Trinajstić information content (AvgIpc) is 1.05. The van der Waals surface area contributed by atoms with E-state index in [9.17, 15) is 8.22 Å². The van der Waals surface area contributed by atoms with Crippen LogP contribution in [0.1, 0.15) is 196 Å². The lowest BCUT2D eigenvalue weighted by atomic mass is 9.33. The first-order valence-electron chi connectivity index (χ1n) is 41.1. The number of pyridine rings is 1. The molecule has 5 heteroatoms. The monoisotopic (exact) mass is 1370 g/mol. The van der Waals surface area contributed by atoms with Crippen LogP contribution in [-0.4, -0.2) is 16.3 Å². The minimum absolute atomic E-state index is 0.0147. The van der Waals surface area contributed by atoms with Crippen LogP contribution in [0.4, 0.5) is 34.1 Å². The Labute approximate surface area is 632 Å². The van der Waals surface area contributed by atoms with E-state index in [0.29, 0.717) is 5.69 Å². The number of aromatic nitrogens is 2. The molecule has 2 aliphatic heterocycles. The summed E-state index contributed by atoms with van der Waals surface area (Å²) in [5.74, 6) is 0. The average molecular weight is 1370 g/mol. The minimum Gasteiger partial charge on any atom is -0.310 e. The van der Waals surface area contributed by atoms with Crippen LogP contribution < -0.4 is 26.2 Å². The van der Waals surface area contributed by atoms with Crippen LogP contribution in [0.3, 0.4) is 0 Å². The first-order valence-corrected chi connectivity index (χ1v) is 37.1. The molecule has 0 saturated carbocycles. The highest BCUT2D eigenvalue weighted by Gasteiger charge is 2.47. The normalized spacial score (nSPS) is 14.6. The van der Waals surface area contributed by atoms with Crippen molar-refractivity contribution in [2.24, 2.45) is 0 Å². The van der Waals surface area contributed by atoms with Gasteiger partial charge in [-0.2, -0.15) is 0 Å². The largest absolute Gasteiger partial charge is 0.310 e. The van der Waals surface area contributed by atoms with E-state index in [0.717, 1.165) is 129 Å². The molecule has 2 aliphatic rings. The number of anilines is 6. The van der Waals surface area contributed by atoms with Crippen LogP contribution in [-0.2, 0) is 37.9 Å². The molecule has 4 nitrogen and oxygen atoms in total. The zero-order valence-electron chi connectivity index (χ0n) is 72.8. The van der Waals surface area contributed by atoms with Gasteiger partial charge in [-0.25, -0.2) is 0 Å². The van der Waals surface area contributed by atoms with E-state index in [2.05, 4.69) is 343 Å². The van der Waals surface area contributed by atoms with Gasteiger partial charge in [-0.05, 0) is 183 Å². The summed E-state index contributed by atoms with van der Waals surface area (Å²) in [6.45, 7) is 47.4. The van der Waals surface area contributed by atoms with Gasteiger partial charge in [0.2, 0.25) is 0 Å². The maximum absolute atomic E-state index is 9.94. The van der Waals surface area contributed by atoms with Crippen molar-refractivity contribution in [2.75, 3.05) is 9.80 Å². The van der Waals surface area contributed by atoms with Crippen molar-refractivity contribution >= 4 is 79.0 Å². The van der Waals surface area contributed by atoms with Crippen LogP contribution in [0.15, 0.2) is 242 Å². The molecule has 15 rings (SSSR count). The minimum atomic E-state index is -0.496. The van der Waals surface area contributed by atoms with Crippen LogP contribution >= 0.6 is 0 Å². The second-order valence-corrected chi connectivity index (χ2v) is 36.4. The molecule has 0 N–H and O–H groups in total. The number of hydrogen-bond acceptors (Lipinski definition) is 3. The molecule has 13 aromatic rings. The van der Waals surface area contributed by atoms with Gasteiger partial charge in [-0.15, -0.1) is 0 Å². The van der Waals surface area contributed by atoms with E-state index in [-0.39, 0.29) is 78.5 Å². The molecule has 0 spiro atoms. The number of fused-ring (bicyclic) bond motifs is 7. The third-order valence-electron chi connectivity index (χ3n) is 21.5. The molecule has 0 unspecified atom stereocenters. The maximum atomic E-state index is 9.94. The molecular weight excluding hydrogens is 1260 g/mol. The Morgan fingerprint density at radius 1 is 0.298 bits per heavy atom. The summed E-state index contributed by atoms with van der Waals surface area (Å²) >= 11 is 0. The number of nitrogens with zero attached hydrogens (tertiary/aromatic N) is 4. The molecule has 4 heterocycles. The smallest absolute Gasteiger partial charge is 0.252 e. The van der Waals surface area contributed by atoms with Gasteiger partial charge in [0.25, 0.3) is 6.71 Å². The topological polar surface area (TPSA) is 24.3 Å². The Kier molecular flexibility index (Phi) is 14.5. The maximum Gasteiger partial charge on any atom is 0.252 e. The molecule has 0 fully saturated rings. The molecule has 0 saturated heterocycles. The number of benzene rings is 11. The summed E-state index contributed by atoms with van der Waals surface area (Å²) in [6, 6.07) is 68.9. The number of hydrogen-bond donors (Lipinski definition) is 0. The standard InChI is InChI=1S/C99H103BN4/c1-93(2,3)68-49-66(50-69(54-68)94(4,5)6)65-45-47-80-84(51-65)103(91-76(62-35-25-22-26-36-62)55-70(95(7,8)9)56-77(91)63-37-27-23-28-38-63)86-59-72(97(13,14)15)60-87-90(86)100(80)81-48-46-73(102-82-43-33-31-41-74(82)75-42-32-34-44-83(75)102)61-85(81)104(87)92-78(64-39-29-24-30-40-64)57-71(96(10,11)12)58-79(92)67-52-88(98(16,17)18)101-89(53-67)99(19,20)21/h22-61H,1-21H3/i31D,32D,33D,34D,41D,42D,43D,44D. The van der Waals surface area contributed by atoms with E-state index in [4.69, 9.17) is 7.73 Å². The summed E-state index contributed by atoms with van der Waals surface area (Å²) < 4.78 is 77.9. The van der Waals surface area contributed by atoms with Gasteiger partial charge in [-0.3, -0.25) is 4.98 Å². The van der Waals surface area contributed by atoms with E-state index >= 15 is 0 Å². The van der Waals surface area contributed by atoms with Gasteiger partial charge in [0, 0.05) is 83.7 Å². The van der Waals surface area contributed by atoms with Gasteiger partial charge >= 0.3 is 0 Å². The molecule has 0 atom stereocenters. The third-order valence-corrected chi connectivity index (χ3v) is 21.5. The third kappa shape index (κ3) is 12.4. The summed E-state index contributed by atoms with van der Waals surface area (Å²) in [7, 11) is 0.